The van der Waals surface area contributed by atoms with E-state index in [9.17, 15) is 4.79 Å². The number of rotatable bonds is 8. The molecular formula is C12H23N5O2. The lowest BCUT2D eigenvalue weighted by atomic mass is 10.3. The molecule has 0 radical (unpaired) electrons. The topological polar surface area (TPSA) is 94.2 Å². The number of hydrogen-bond acceptors (Lipinski definition) is 5. The van der Waals surface area contributed by atoms with Crippen LogP contribution < -0.4 is 16.4 Å². The Hall–Kier alpha value is -1.76. The van der Waals surface area contributed by atoms with Crippen molar-refractivity contribution in [3.05, 3.63) is 5.69 Å². The van der Waals surface area contributed by atoms with Gasteiger partial charge in [-0.1, -0.05) is 6.92 Å². The van der Waals surface area contributed by atoms with Gasteiger partial charge in [-0.3, -0.25) is 9.48 Å². The molecule has 1 amide bonds. The fourth-order valence-corrected chi connectivity index (χ4v) is 1.74. The predicted octanol–water partition coefficient (Wildman–Crippen LogP) is 0.129. The highest BCUT2D eigenvalue weighted by Gasteiger charge is 2.11. The van der Waals surface area contributed by atoms with E-state index in [1.165, 1.54) is 0 Å². The van der Waals surface area contributed by atoms with E-state index < -0.39 is 0 Å². The van der Waals surface area contributed by atoms with E-state index in [1.54, 1.807) is 11.8 Å². The summed E-state index contributed by atoms with van der Waals surface area (Å²) >= 11 is 0. The van der Waals surface area contributed by atoms with Crippen LogP contribution >= 0.6 is 0 Å². The Morgan fingerprint density at radius 3 is 2.79 bits per heavy atom. The normalized spacial score (nSPS) is 10.5. The zero-order valence-electron chi connectivity index (χ0n) is 11.8. The third-order valence-electron chi connectivity index (χ3n) is 2.77. The van der Waals surface area contributed by atoms with Crippen LogP contribution in [0, 0.1) is 0 Å². The molecule has 0 bridgehead atoms. The van der Waals surface area contributed by atoms with E-state index in [-0.39, 0.29) is 5.91 Å². The molecule has 108 valence electrons. The number of aryl methyl sites for hydroxylation is 2. The number of carbonyl (C=O) groups is 1. The van der Waals surface area contributed by atoms with Crippen LogP contribution in [-0.2, 0) is 23.0 Å². The summed E-state index contributed by atoms with van der Waals surface area (Å²) in [5.74, 6) is 0.752. The number of aromatic nitrogens is 2. The minimum atomic E-state index is -0.0130. The molecule has 19 heavy (non-hydrogen) atoms. The summed E-state index contributed by atoms with van der Waals surface area (Å²) < 4.78 is 6.56. The van der Waals surface area contributed by atoms with E-state index >= 15 is 0 Å². The van der Waals surface area contributed by atoms with Crippen molar-refractivity contribution in [1.29, 1.82) is 0 Å². The molecule has 1 aromatic heterocycles. The maximum atomic E-state index is 11.5. The predicted molar refractivity (Wildman–Crippen MR) is 75.0 cm³/mol. The fraction of sp³-hybridized carbons (Fsp3) is 0.667. The van der Waals surface area contributed by atoms with Gasteiger partial charge in [0.25, 0.3) is 0 Å². The van der Waals surface area contributed by atoms with Crippen LogP contribution in [0.5, 0.6) is 0 Å². The highest BCUT2D eigenvalue weighted by atomic mass is 16.5. The number of nitrogens with two attached hydrogens (primary N) is 1. The quantitative estimate of drug-likeness (QED) is 0.583. The SMILES string of the molecule is CCc1nn(C)c(NCCC(=O)NCCOC)c1N. The highest BCUT2D eigenvalue weighted by molar-refractivity contribution is 5.76. The van der Waals surface area contributed by atoms with Crippen LogP contribution in [0.15, 0.2) is 0 Å². The van der Waals surface area contributed by atoms with Crippen LogP contribution in [0.2, 0.25) is 0 Å². The summed E-state index contributed by atoms with van der Waals surface area (Å²) in [7, 11) is 3.43. The number of carbonyl (C=O) groups excluding carboxylic acids is 1. The molecule has 0 atom stereocenters. The Morgan fingerprint density at radius 1 is 1.47 bits per heavy atom. The monoisotopic (exact) mass is 269 g/mol. The molecule has 0 aliphatic carbocycles. The van der Waals surface area contributed by atoms with Crippen molar-refractivity contribution in [2.45, 2.75) is 19.8 Å². The molecular weight excluding hydrogens is 246 g/mol. The van der Waals surface area contributed by atoms with E-state index in [4.69, 9.17) is 10.5 Å². The first-order chi connectivity index (χ1) is 9.10. The number of nitrogens with one attached hydrogen (secondary N) is 2. The van der Waals surface area contributed by atoms with Crippen molar-refractivity contribution in [3.63, 3.8) is 0 Å². The zero-order valence-corrected chi connectivity index (χ0v) is 11.8. The first kappa shape index (κ1) is 15.3. The molecule has 0 fully saturated rings. The summed E-state index contributed by atoms with van der Waals surface area (Å²) in [6.07, 6.45) is 1.18. The number of methoxy groups -OCH3 is 1. The van der Waals surface area contributed by atoms with Gasteiger partial charge in [-0.25, -0.2) is 0 Å². The van der Waals surface area contributed by atoms with Gasteiger partial charge >= 0.3 is 0 Å². The van der Waals surface area contributed by atoms with Crippen LogP contribution in [-0.4, -0.2) is 42.5 Å². The lowest BCUT2D eigenvalue weighted by Gasteiger charge is -2.08. The maximum Gasteiger partial charge on any atom is 0.221 e. The van der Waals surface area contributed by atoms with Crippen LogP contribution in [0.25, 0.3) is 0 Å². The lowest BCUT2D eigenvalue weighted by Crippen LogP contribution is -2.28. The minimum absolute atomic E-state index is 0.0130. The van der Waals surface area contributed by atoms with E-state index in [1.807, 2.05) is 14.0 Å². The first-order valence-corrected chi connectivity index (χ1v) is 6.41. The van der Waals surface area contributed by atoms with E-state index in [2.05, 4.69) is 15.7 Å². The number of anilines is 2. The van der Waals surface area contributed by atoms with Gasteiger partial charge in [-0.2, -0.15) is 5.10 Å². The molecule has 0 saturated heterocycles. The lowest BCUT2D eigenvalue weighted by molar-refractivity contribution is -0.121. The average molecular weight is 269 g/mol. The number of nitrogens with zero attached hydrogens (tertiary/aromatic N) is 2. The molecule has 0 aliphatic rings. The molecule has 1 heterocycles. The molecule has 0 unspecified atom stereocenters. The van der Waals surface area contributed by atoms with E-state index in [0.717, 1.165) is 17.9 Å². The van der Waals surface area contributed by atoms with Crippen LogP contribution in [0.3, 0.4) is 0 Å². The van der Waals surface area contributed by atoms with Crippen molar-refractivity contribution < 1.29 is 9.53 Å². The van der Waals surface area contributed by atoms with Crippen LogP contribution in [0.1, 0.15) is 19.0 Å². The van der Waals surface area contributed by atoms with Crippen molar-refractivity contribution in [3.8, 4) is 0 Å². The Kier molecular flexibility index (Phi) is 6.14. The van der Waals surface area contributed by atoms with E-state index in [0.29, 0.717) is 31.8 Å². The molecule has 1 aromatic rings. The summed E-state index contributed by atoms with van der Waals surface area (Å²) in [4.78, 5) is 11.5. The Balaban J connectivity index is 2.37. The molecule has 1 rings (SSSR count). The minimum Gasteiger partial charge on any atom is -0.394 e. The molecule has 7 heteroatoms. The number of hydrogen-bond donors (Lipinski definition) is 3. The Bertz CT molecular complexity index is 416. The van der Waals surface area contributed by atoms with Gasteiger partial charge in [0.2, 0.25) is 5.91 Å². The standard InChI is InChI=1S/C12H23N5O2/c1-4-9-11(13)12(17(2)16-9)15-6-5-10(18)14-7-8-19-3/h15H,4-8,13H2,1-3H3,(H,14,18). The van der Waals surface area contributed by atoms with Crippen molar-refractivity contribution in [1.82, 2.24) is 15.1 Å². The summed E-state index contributed by atoms with van der Waals surface area (Å²) in [6.45, 7) is 3.58. The van der Waals surface area contributed by atoms with Crippen LogP contribution in [0.4, 0.5) is 11.5 Å². The van der Waals surface area contributed by atoms with Crippen molar-refractivity contribution >= 4 is 17.4 Å². The van der Waals surface area contributed by atoms with Gasteiger partial charge in [0.05, 0.1) is 18.0 Å². The second-order valence-corrected chi connectivity index (χ2v) is 4.21. The third-order valence-corrected chi connectivity index (χ3v) is 2.77. The largest absolute Gasteiger partial charge is 0.394 e. The van der Waals surface area contributed by atoms with Gasteiger partial charge in [0.15, 0.2) is 0 Å². The second kappa shape index (κ2) is 7.63. The van der Waals surface area contributed by atoms with Crippen molar-refractivity contribution in [2.24, 2.45) is 7.05 Å². The number of ether oxygens (including phenoxy) is 1. The summed E-state index contributed by atoms with van der Waals surface area (Å²) in [6, 6.07) is 0. The van der Waals surface area contributed by atoms with Gasteiger partial charge < -0.3 is 21.1 Å². The molecule has 7 nitrogen and oxygen atoms in total. The first-order valence-electron chi connectivity index (χ1n) is 6.41. The summed E-state index contributed by atoms with van der Waals surface area (Å²) in [5.41, 5.74) is 7.49. The molecule has 0 saturated carbocycles. The molecule has 0 spiro atoms. The zero-order chi connectivity index (χ0) is 14.3. The molecule has 4 N–H and O–H groups in total. The van der Waals surface area contributed by atoms with Gasteiger partial charge in [-0.05, 0) is 6.42 Å². The summed E-state index contributed by atoms with van der Waals surface area (Å²) in [5, 5.41) is 10.2. The molecule has 0 aromatic carbocycles. The Labute approximate surface area is 113 Å². The maximum absolute atomic E-state index is 11.5. The van der Waals surface area contributed by atoms with Gasteiger partial charge in [0, 0.05) is 33.7 Å². The number of nitrogen functional groups attached to an aromatic ring is 1. The third kappa shape index (κ3) is 4.44. The Morgan fingerprint density at radius 2 is 2.21 bits per heavy atom. The fourth-order valence-electron chi connectivity index (χ4n) is 1.74. The smallest absolute Gasteiger partial charge is 0.221 e. The van der Waals surface area contributed by atoms with Gasteiger partial charge in [-0.15, -0.1) is 0 Å². The van der Waals surface area contributed by atoms with Gasteiger partial charge in [0.1, 0.15) is 5.82 Å². The molecule has 0 aliphatic heterocycles. The average Bonchev–Trinajstić information content (AvgIpc) is 2.66. The highest BCUT2D eigenvalue weighted by Crippen LogP contribution is 2.21. The van der Waals surface area contributed by atoms with Crippen molar-refractivity contribution in [2.75, 3.05) is 37.9 Å². The second-order valence-electron chi connectivity index (χ2n) is 4.21. The number of amides is 1.